The Balaban J connectivity index is 2.14. The monoisotopic (exact) mass is 254 g/mol. The lowest BCUT2D eigenvalue weighted by Gasteiger charge is -2.06. The molecule has 0 unspecified atom stereocenters. The predicted molar refractivity (Wildman–Crippen MR) is 70.1 cm³/mol. The van der Waals surface area contributed by atoms with Crippen LogP contribution < -0.4 is 4.74 Å². The number of nitro benzene ring substituents is 1. The molecular formula is C14H10N2O3. The Bertz CT molecular complexity index is 633. The molecule has 0 fully saturated rings. The van der Waals surface area contributed by atoms with E-state index in [2.05, 4.69) is 4.85 Å². The summed E-state index contributed by atoms with van der Waals surface area (Å²) < 4.78 is 5.50. The number of hydrogen-bond donors (Lipinski definition) is 0. The lowest BCUT2D eigenvalue weighted by Crippen LogP contribution is -1.95. The van der Waals surface area contributed by atoms with Gasteiger partial charge in [-0.1, -0.05) is 30.3 Å². The molecule has 2 aromatic carbocycles. The zero-order chi connectivity index (χ0) is 13.7. The minimum atomic E-state index is -0.575. The van der Waals surface area contributed by atoms with E-state index in [1.807, 2.05) is 30.3 Å². The summed E-state index contributed by atoms with van der Waals surface area (Å²) in [6.45, 7) is 7.29. The zero-order valence-electron chi connectivity index (χ0n) is 9.95. The number of benzene rings is 2. The van der Waals surface area contributed by atoms with Crippen LogP contribution in [-0.4, -0.2) is 4.92 Å². The Morgan fingerprint density at radius 3 is 2.58 bits per heavy atom. The SMILES string of the molecule is [C-]#[N+]c1cc(OCc2ccccc2)ccc1[N+](=O)[O-]. The highest BCUT2D eigenvalue weighted by Crippen LogP contribution is 2.31. The van der Waals surface area contributed by atoms with Gasteiger partial charge in [-0.05, 0) is 17.7 Å². The van der Waals surface area contributed by atoms with Crippen molar-refractivity contribution in [1.29, 1.82) is 0 Å². The summed E-state index contributed by atoms with van der Waals surface area (Å²) in [7, 11) is 0. The van der Waals surface area contributed by atoms with Crippen molar-refractivity contribution in [2.75, 3.05) is 0 Å². The normalized spacial score (nSPS) is 9.63. The third-order valence-corrected chi connectivity index (χ3v) is 2.51. The predicted octanol–water partition coefficient (Wildman–Crippen LogP) is 3.72. The zero-order valence-corrected chi connectivity index (χ0v) is 9.95. The van der Waals surface area contributed by atoms with Gasteiger partial charge in [0, 0.05) is 6.07 Å². The molecule has 0 radical (unpaired) electrons. The van der Waals surface area contributed by atoms with Crippen LogP contribution >= 0.6 is 0 Å². The maximum Gasteiger partial charge on any atom is 0.279 e. The Morgan fingerprint density at radius 1 is 1.21 bits per heavy atom. The molecule has 0 saturated carbocycles. The van der Waals surface area contributed by atoms with Crippen LogP contribution in [0.25, 0.3) is 4.85 Å². The van der Waals surface area contributed by atoms with E-state index in [0.717, 1.165) is 5.56 Å². The van der Waals surface area contributed by atoms with Gasteiger partial charge in [0.05, 0.1) is 11.5 Å². The van der Waals surface area contributed by atoms with Gasteiger partial charge in [-0.15, -0.1) is 0 Å². The first kappa shape index (κ1) is 12.6. The van der Waals surface area contributed by atoms with Crippen LogP contribution in [0.5, 0.6) is 5.75 Å². The molecule has 2 aromatic rings. The van der Waals surface area contributed by atoms with Crippen molar-refractivity contribution in [2.24, 2.45) is 0 Å². The molecule has 0 aliphatic rings. The second-order valence-electron chi connectivity index (χ2n) is 3.79. The second-order valence-corrected chi connectivity index (χ2v) is 3.79. The molecule has 0 heterocycles. The average molecular weight is 254 g/mol. The van der Waals surface area contributed by atoms with Crippen LogP contribution in [0.4, 0.5) is 11.4 Å². The Kier molecular flexibility index (Phi) is 3.74. The lowest BCUT2D eigenvalue weighted by molar-refractivity contribution is -0.383. The number of nitrogens with zero attached hydrogens (tertiary/aromatic N) is 2. The molecule has 5 heteroatoms. The molecule has 94 valence electrons. The molecule has 0 aliphatic carbocycles. The van der Waals surface area contributed by atoms with Gasteiger partial charge >= 0.3 is 0 Å². The van der Waals surface area contributed by atoms with E-state index in [1.54, 1.807) is 0 Å². The smallest absolute Gasteiger partial charge is 0.279 e. The Morgan fingerprint density at radius 2 is 1.95 bits per heavy atom. The van der Waals surface area contributed by atoms with E-state index in [0.29, 0.717) is 12.4 Å². The standard InChI is InChI=1S/C14H10N2O3/c1-15-13-9-12(7-8-14(13)16(17)18)19-10-11-5-3-2-4-6-11/h2-9H,10H2. The highest BCUT2D eigenvalue weighted by Gasteiger charge is 2.14. The van der Waals surface area contributed by atoms with Crippen molar-refractivity contribution in [3.63, 3.8) is 0 Å². The summed E-state index contributed by atoms with van der Waals surface area (Å²) in [5.74, 6) is 0.445. The van der Waals surface area contributed by atoms with Gasteiger partial charge in [0.1, 0.15) is 12.4 Å². The Hall–Kier alpha value is -2.87. The highest BCUT2D eigenvalue weighted by atomic mass is 16.6. The molecule has 5 nitrogen and oxygen atoms in total. The van der Waals surface area contributed by atoms with Gasteiger partial charge in [0.25, 0.3) is 11.4 Å². The maximum atomic E-state index is 10.7. The van der Waals surface area contributed by atoms with E-state index in [1.165, 1.54) is 18.2 Å². The Labute approximate surface area is 110 Å². The van der Waals surface area contributed by atoms with Gasteiger partial charge in [-0.25, -0.2) is 4.85 Å². The first-order valence-electron chi connectivity index (χ1n) is 5.53. The largest absolute Gasteiger partial charge is 0.490 e. The number of nitro groups is 1. The third-order valence-electron chi connectivity index (χ3n) is 2.51. The van der Waals surface area contributed by atoms with E-state index in [9.17, 15) is 10.1 Å². The van der Waals surface area contributed by atoms with Crippen molar-refractivity contribution in [2.45, 2.75) is 6.61 Å². The molecule has 0 amide bonds. The van der Waals surface area contributed by atoms with Crippen LogP contribution in [0.2, 0.25) is 0 Å². The van der Waals surface area contributed by atoms with Crippen LogP contribution in [0.3, 0.4) is 0 Å². The second kappa shape index (κ2) is 5.65. The van der Waals surface area contributed by atoms with Gasteiger partial charge in [0.15, 0.2) is 0 Å². The summed E-state index contributed by atoms with van der Waals surface area (Å²) in [4.78, 5) is 13.3. The van der Waals surface area contributed by atoms with Gasteiger partial charge < -0.3 is 4.74 Å². The minimum absolute atomic E-state index is 0.0180. The summed E-state index contributed by atoms with van der Waals surface area (Å²) in [6, 6.07) is 13.7. The fourth-order valence-corrected chi connectivity index (χ4v) is 1.58. The van der Waals surface area contributed by atoms with Crippen molar-refractivity contribution < 1.29 is 9.66 Å². The fraction of sp³-hybridized carbons (Fsp3) is 0.0714. The number of hydrogen-bond acceptors (Lipinski definition) is 3. The van der Waals surface area contributed by atoms with Crippen LogP contribution in [0.1, 0.15) is 5.56 Å². The number of ether oxygens (including phenoxy) is 1. The van der Waals surface area contributed by atoms with Crippen molar-refractivity contribution in [3.05, 3.63) is 75.6 Å². The van der Waals surface area contributed by atoms with Crippen molar-refractivity contribution in [1.82, 2.24) is 0 Å². The third kappa shape index (κ3) is 3.07. The summed E-state index contributed by atoms with van der Waals surface area (Å²) in [5, 5.41) is 10.7. The van der Waals surface area contributed by atoms with Crippen LogP contribution in [0, 0.1) is 16.7 Å². The van der Waals surface area contributed by atoms with Crippen LogP contribution in [0.15, 0.2) is 48.5 Å². The van der Waals surface area contributed by atoms with Gasteiger partial charge in [-0.3, -0.25) is 10.1 Å². The molecule has 0 atom stereocenters. The summed E-state index contributed by atoms with van der Waals surface area (Å²) >= 11 is 0. The fourth-order valence-electron chi connectivity index (χ4n) is 1.58. The van der Waals surface area contributed by atoms with Crippen molar-refractivity contribution in [3.8, 4) is 5.75 Å². The number of rotatable bonds is 4. The molecule has 0 aliphatic heterocycles. The molecule has 0 N–H and O–H groups in total. The summed E-state index contributed by atoms with van der Waals surface area (Å²) in [5.41, 5.74) is 0.767. The average Bonchev–Trinajstić information content (AvgIpc) is 2.45. The molecule has 19 heavy (non-hydrogen) atoms. The first-order valence-corrected chi connectivity index (χ1v) is 5.53. The minimum Gasteiger partial charge on any atom is -0.490 e. The van der Waals surface area contributed by atoms with Crippen molar-refractivity contribution >= 4 is 11.4 Å². The van der Waals surface area contributed by atoms with E-state index < -0.39 is 4.92 Å². The highest BCUT2D eigenvalue weighted by molar-refractivity contribution is 5.64. The quantitative estimate of drug-likeness (QED) is 0.474. The molecule has 0 bridgehead atoms. The molecule has 0 saturated heterocycles. The lowest BCUT2D eigenvalue weighted by atomic mass is 10.2. The van der Waals surface area contributed by atoms with Gasteiger partial charge in [0.2, 0.25) is 0 Å². The summed E-state index contributed by atoms with van der Waals surface area (Å²) in [6.07, 6.45) is 0. The van der Waals surface area contributed by atoms with Crippen LogP contribution in [-0.2, 0) is 6.61 Å². The first-order chi connectivity index (χ1) is 9.20. The van der Waals surface area contributed by atoms with Gasteiger partial charge in [-0.2, -0.15) is 0 Å². The van der Waals surface area contributed by atoms with E-state index in [-0.39, 0.29) is 11.4 Å². The molecule has 0 aromatic heterocycles. The topological polar surface area (TPSA) is 56.7 Å². The van der Waals surface area contributed by atoms with E-state index >= 15 is 0 Å². The maximum absolute atomic E-state index is 10.7. The molecule has 0 spiro atoms. The molecule has 2 rings (SSSR count). The molecular weight excluding hydrogens is 244 g/mol. The van der Waals surface area contributed by atoms with E-state index in [4.69, 9.17) is 11.3 Å².